The summed E-state index contributed by atoms with van der Waals surface area (Å²) in [4.78, 5) is 12.3. The van der Waals surface area contributed by atoms with E-state index in [1.54, 1.807) is 0 Å². The summed E-state index contributed by atoms with van der Waals surface area (Å²) in [6.45, 7) is 8.13. The normalized spacial score (nSPS) is 12.0. The first kappa shape index (κ1) is 19.2. The second kappa shape index (κ2) is 8.39. The Hall–Kier alpha value is -2.60. The Kier molecular flexibility index (Phi) is 5.96. The van der Waals surface area contributed by atoms with E-state index in [0.29, 0.717) is 11.1 Å². The number of carbonyl (C=O) groups excluding carboxylic acids is 1. The van der Waals surface area contributed by atoms with Gasteiger partial charge in [-0.25, -0.2) is 0 Å². The Balaban J connectivity index is 1.56. The van der Waals surface area contributed by atoms with E-state index in [-0.39, 0.29) is 17.7 Å². The van der Waals surface area contributed by atoms with Gasteiger partial charge in [-0.1, -0.05) is 48.2 Å². The van der Waals surface area contributed by atoms with Crippen LogP contribution >= 0.6 is 11.8 Å². The summed E-state index contributed by atoms with van der Waals surface area (Å²) in [6.07, 6.45) is 0. The highest BCUT2D eigenvalue weighted by atomic mass is 32.2. The first-order valence-corrected chi connectivity index (χ1v) is 9.81. The molecule has 1 aromatic heterocycles. The fraction of sp³-hybridized carbons (Fsp3) is 0.286. The molecule has 1 N–H and O–H groups in total. The van der Waals surface area contributed by atoms with E-state index in [1.807, 2.05) is 44.2 Å². The van der Waals surface area contributed by atoms with E-state index < -0.39 is 0 Å². The molecule has 6 heteroatoms. The third-order valence-electron chi connectivity index (χ3n) is 4.52. The standard InChI is InChI=1S/C21H23N3O2S/c1-13-9-10-17(11-15(13)3)16(4)22-19(25)12-27-21-24-23-20(26-21)18-8-6-5-7-14(18)2/h5-11,16H,12H2,1-4H3,(H,22,25)/t16-/m0/s1. The molecule has 0 aliphatic heterocycles. The lowest BCUT2D eigenvalue weighted by Gasteiger charge is -2.15. The average Bonchev–Trinajstić information content (AvgIpc) is 3.11. The molecule has 0 bridgehead atoms. The third-order valence-corrected chi connectivity index (χ3v) is 5.34. The van der Waals surface area contributed by atoms with Gasteiger partial charge in [-0.3, -0.25) is 4.79 Å². The van der Waals surface area contributed by atoms with E-state index in [4.69, 9.17) is 4.42 Å². The molecule has 27 heavy (non-hydrogen) atoms. The van der Waals surface area contributed by atoms with Gasteiger partial charge in [0.05, 0.1) is 11.8 Å². The minimum atomic E-state index is -0.0682. The van der Waals surface area contributed by atoms with Crippen LogP contribution in [-0.2, 0) is 4.79 Å². The summed E-state index contributed by atoms with van der Waals surface area (Å²) < 4.78 is 5.68. The van der Waals surface area contributed by atoms with Crippen LogP contribution in [0.2, 0.25) is 0 Å². The van der Waals surface area contributed by atoms with E-state index in [0.717, 1.165) is 16.7 Å². The molecule has 5 nitrogen and oxygen atoms in total. The number of aryl methyl sites for hydroxylation is 3. The largest absolute Gasteiger partial charge is 0.411 e. The van der Waals surface area contributed by atoms with Crippen LogP contribution in [0.4, 0.5) is 0 Å². The quantitative estimate of drug-likeness (QED) is 0.631. The van der Waals surface area contributed by atoms with Crippen molar-refractivity contribution in [3.63, 3.8) is 0 Å². The molecule has 1 atom stereocenters. The van der Waals surface area contributed by atoms with Gasteiger partial charge in [0.1, 0.15) is 0 Å². The molecule has 2 aromatic carbocycles. The first-order chi connectivity index (χ1) is 12.9. The number of nitrogens with one attached hydrogen (secondary N) is 1. The van der Waals surface area contributed by atoms with Gasteiger partial charge < -0.3 is 9.73 Å². The molecule has 3 aromatic rings. The van der Waals surface area contributed by atoms with Crippen LogP contribution in [0.1, 0.15) is 35.2 Å². The number of carbonyl (C=O) groups is 1. The second-order valence-corrected chi connectivity index (χ2v) is 7.54. The van der Waals surface area contributed by atoms with Crippen LogP contribution in [0, 0.1) is 20.8 Å². The van der Waals surface area contributed by atoms with Crippen LogP contribution in [0.15, 0.2) is 52.1 Å². The highest BCUT2D eigenvalue weighted by molar-refractivity contribution is 7.99. The van der Waals surface area contributed by atoms with Crippen LogP contribution < -0.4 is 5.32 Å². The van der Waals surface area contributed by atoms with Gasteiger partial charge in [0.25, 0.3) is 5.22 Å². The monoisotopic (exact) mass is 381 g/mol. The van der Waals surface area contributed by atoms with Gasteiger partial charge in [-0.15, -0.1) is 10.2 Å². The maximum atomic E-state index is 12.3. The minimum Gasteiger partial charge on any atom is -0.411 e. The van der Waals surface area contributed by atoms with Gasteiger partial charge in [-0.2, -0.15) is 0 Å². The minimum absolute atomic E-state index is 0.0531. The topological polar surface area (TPSA) is 68.0 Å². The number of rotatable bonds is 6. The molecule has 0 radical (unpaired) electrons. The fourth-order valence-corrected chi connectivity index (χ4v) is 3.29. The van der Waals surface area contributed by atoms with Gasteiger partial charge in [0.2, 0.25) is 11.8 Å². The van der Waals surface area contributed by atoms with Crippen molar-refractivity contribution in [3.05, 3.63) is 64.7 Å². The van der Waals surface area contributed by atoms with Crippen LogP contribution in [0.5, 0.6) is 0 Å². The van der Waals surface area contributed by atoms with E-state index in [2.05, 4.69) is 41.5 Å². The number of benzene rings is 2. The van der Waals surface area contributed by atoms with Crippen molar-refractivity contribution in [2.75, 3.05) is 5.75 Å². The zero-order valence-corrected chi connectivity index (χ0v) is 16.8. The van der Waals surface area contributed by atoms with Crippen molar-refractivity contribution < 1.29 is 9.21 Å². The Morgan fingerprint density at radius 3 is 2.59 bits per heavy atom. The Bertz CT molecular complexity index is 952. The van der Waals surface area contributed by atoms with E-state index in [9.17, 15) is 4.79 Å². The summed E-state index contributed by atoms with van der Waals surface area (Å²) in [6, 6.07) is 14.0. The Labute approximate surface area is 163 Å². The van der Waals surface area contributed by atoms with Crippen molar-refractivity contribution in [2.24, 2.45) is 0 Å². The van der Waals surface area contributed by atoms with Crippen LogP contribution in [0.25, 0.3) is 11.5 Å². The Morgan fingerprint density at radius 1 is 1.07 bits per heavy atom. The highest BCUT2D eigenvalue weighted by Crippen LogP contribution is 2.25. The van der Waals surface area contributed by atoms with E-state index in [1.165, 1.54) is 22.9 Å². The summed E-state index contributed by atoms with van der Waals surface area (Å²) in [5.74, 6) is 0.630. The summed E-state index contributed by atoms with van der Waals surface area (Å²) >= 11 is 1.24. The molecule has 0 saturated carbocycles. The van der Waals surface area contributed by atoms with Crippen LogP contribution in [-0.4, -0.2) is 21.9 Å². The molecule has 0 fully saturated rings. The predicted molar refractivity (Wildman–Crippen MR) is 108 cm³/mol. The SMILES string of the molecule is Cc1ccc([C@H](C)NC(=O)CSc2nnc(-c3ccccc3C)o2)cc1C. The summed E-state index contributed by atoms with van der Waals surface area (Å²) in [5, 5.41) is 11.5. The zero-order chi connectivity index (χ0) is 19.4. The second-order valence-electron chi connectivity index (χ2n) is 6.61. The number of amides is 1. The lowest BCUT2D eigenvalue weighted by molar-refractivity contribution is -0.119. The Morgan fingerprint density at radius 2 is 1.85 bits per heavy atom. The summed E-state index contributed by atoms with van der Waals surface area (Å²) in [5.41, 5.74) is 5.53. The number of aromatic nitrogens is 2. The molecule has 0 unspecified atom stereocenters. The smallest absolute Gasteiger partial charge is 0.277 e. The lowest BCUT2D eigenvalue weighted by Crippen LogP contribution is -2.28. The molecule has 140 valence electrons. The molecule has 1 amide bonds. The third kappa shape index (κ3) is 4.77. The summed E-state index contributed by atoms with van der Waals surface area (Å²) in [7, 11) is 0. The fourth-order valence-electron chi connectivity index (χ4n) is 2.72. The maximum absolute atomic E-state index is 12.3. The molecule has 3 rings (SSSR count). The maximum Gasteiger partial charge on any atom is 0.277 e. The van der Waals surface area contributed by atoms with Gasteiger partial charge >= 0.3 is 0 Å². The van der Waals surface area contributed by atoms with Gasteiger partial charge in [0, 0.05) is 5.56 Å². The molecular formula is C21H23N3O2S. The molecular weight excluding hydrogens is 358 g/mol. The first-order valence-electron chi connectivity index (χ1n) is 8.83. The highest BCUT2D eigenvalue weighted by Gasteiger charge is 2.14. The van der Waals surface area contributed by atoms with Gasteiger partial charge in [-0.05, 0) is 56.0 Å². The number of hydrogen-bond acceptors (Lipinski definition) is 5. The average molecular weight is 382 g/mol. The van der Waals surface area contributed by atoms with Crippen molar-refractivity contribution in [1.82, 2.24) is 15.5 Å². The van der Waals surface area contributed by atoms with Crippen LogP contribution in [0.3, 0.4) is 0 Å². The van der Waals surface area contributed by atoms with Crippen molar-refractivity contribution in [2.45, 2.75) is 39.0 Å². The number of nitrogens with zero attached hydrogens (tertiary/aromatic N) is 2. The zero-order valence-electron chi connectivity index (χ0n) is 15.9. The number of thioether (sulfide) groups is 1. The van der Waals surface area contributed by atoms with E-state index >= 15 is 0 Å². The van der Waals surface area contributed by atoms with Crippen molar-refractivity contribution in [1.29, 1.82) is 0 Å². The predicted octanol–water partition coefficient (Wildman–Crippen LogP) is 4.63. The molecule has 0 saturated heterocycles. The number of hydrogen-bond donors (Lipinski definition) is 1. The molecule has 1 heterocycles. The van der Waals surface area contributed by atoms with Gasteiger partial charge in [0.15, 0.2) is 0 Å². The molecule has 0 aliphatic carbocycles. The van der Waals surface area contributed by atoms with Crippen molar-refractivity contribution in [3.8, 4) is 11.5 Å². The lowest BCUT2D eigenvalue weighted by atomic mass is 10.0. The molecule has 0 aliphatic rings. The van der Waals surface area contributed by atoms with Crippen molar-refractivity contribution >= 4 is 17.7 Å². The molecule has 0 spiro atoms.